The molecule has 1 fully saturated rings. The zero-order valence-electron chi connectivity index (χ0n) is 11.5. The highest BCUT2D eigenvalue weighted by Crippen LogP contribution is 2.32. The minimum atomic E-state index is 0.162. The van der Waals surface area contributed by atoms with Crippen molar-refractivity contribution in [2.45, 2.75) is 78.4 Å². The SMILES string of the molecule is C=C(C(CC)OC1CCCCC1)C(C)(C)C. The maximum absolute atomic E-state index is 6.23. The second-order valence-corrected chi connectivity index (χ2v) is 6.07. The van der Waals surface area contributed by atoms with Gasteiger partial charge in [-0.1, -0.05) is 53.5 Å². The minimum Gasteiger partial charge on any atom is -0.371 e. The Morgan fingerprint density at radius 1 is 1.25 bits per heavy atom. The van der Waals surface area contributed by atoms with Crippen molar-refractivity contribution in [2.75, 3.05) is 0 Å². The Labute approximate surface area is 101 Å². The lowest BCUT2D eigenvalue weighted by atomic mass is 9.83. The Balaban J connectivity index is 2.50. The van der Waals surface area contributed by atoms with Crippen LogP contribution in [0.3, 0.4) is 0 Å². The van der Waals surface area contributed by atoms with Crippen molar-refractivity contribution in [3.63, 3.8) is 0 Å². The highest BCUT2D eigenvalue weighted by molar-refractivity contribution is 5.11. The quantitative estimate of drug-likeness (QED) is 0.628. The van der Waals surface area contributed by atoms with Crippen LogP contribution in [0.25, 0.3) is 0 Å². The van der Waals surface area contributed by atoms with Crippen molar-refractivity contribution in [3.8, 4) is 0 Å². The molecule has 1 heteroatoms. The van der Waals surface area contributed by atoms with Gasteiger partial charge in [-0.15, -0.1) is 0 Å². The van der Waals surface area contributed by atoms with Gasteiger partial charge in [-0.3, -0.25) is 0 Å². The fourth-order valence-corrected chi connectivity index (χ4v) is 2.34. The molecule has 16 heavy (non-hydrogen) atoms. The van der Waals surface area contributed by atoms with Crippen molar-refractivity contribution in [3.05, 3.63) is 12.2 Å². The predicted octanol–water partition coefficient (Wildman–Crippen LogP) is 4.72. The van der Waals surface area contributed by atoms with Crippen molar-refractivity contribution in [2.24, 2.45) is 5.41 Å². The molecular weight excluding hydrogens is 196 g/mol. The number of rotatable bonds is 4. The van der Waals surface area contributed by atoms with Gasteiger partial charge in [0.1, 0.15) is 0 Å². The second kappa shape index (κ2) is 5.86. The molecule has 0 bridgehead atoms. The van der Waals surface area contributed by atoms with E-state index in [4.69, 9.17) is 4.74 Å². The zero-order valence-corrected chi connectivity index (χ0v) is 11.5. The van der Waals surface area contributed by atoms with E-state index in [-0.39, 0.29) is 11.5 Å². The van der Waals surface area contributed by atoms with E-state index in [0.717, 1.165) is 6.42 Å². The van der Waals surface area contributed by atoms with Crippen LogP contribution in [0.4, 0.5) is 0 Å². The Morgan fingerprint density at radius 3 is 2.25 bits per heavy atom. The minimum absolute atomic E-state index is 0.162. The lowest BCUT2D eigenvalue weighted by Crippen LogP contribution is -2.29. The van der Waals surface area contributed by atoms with Gasteiger partial charge in [0.05, 0.1) is 12.2 Å². The average Bonchev–Trinajstić information content (AvgIpc) is 2.25. The molecule has 0 heterocycles. The molecule has 0 amide bonds. The van der Waals surface area contributed by atoms with Crippen LogP contribution in [0.1, 0.15) is 66.2 Å². The van der Waals surface area contributed by atoms with Crippen LogP contribution < -0.4 is 0 Å². The van der Waals surface area contributed by atoms with E-state index in [1.54, 1.807) is 0 Å². The van der Waals surface area contributed by atoms with E-state index in [2.05, 4.69) is 34.3 Å². The molecular formula is C15H28O. The summed E-state index contributed by atoms with van der Waals surface area (Å²) in [6, 6.07) is 0. The Hall–Kier alpha value is -0.300. The fourth-order valence-electron chi connectivity index (χ4n) is 2.34. The van der Waals surface area contributed by atoms with Gasteiger partial charge in [0.15, 0.2) is 0 Å². The van der Waals surface area contributed by atoms with Gasteiger partial charge in [0.25, 0.3) is 0 Å². The van der Waals surface area contributed by atoms with Gasteiger partial charge in [-0.25, -0.2) is 0 Å². The van der Waals surface area contributed by atoms with Gasteiger partial charge in [0, 0.05) is 0 Å². The first-order chi connectivity index (χ1) is 7.45. The Kier molecular flexibility index (Phi) is 5.04. The van der Waals surface area contributed by atoms with Crippen LogP contribution in [0.15, 0.2) is 12.2 Å². The molecule has 1 atom stereocenters. The third kappa shape index (κ3) is 3.93. The van der Waals surface area contributed by atoms with E-state index < -0.39 is 0 Å². The van der Waals surface area contributed by atoms with Crippen LogP contribution >= 0.6 is 0 Å². The Bertz CT molecular complexity index is 218. The summed E-state index contributed by atoms with van der Waals surface area (Å²) < 4.78 is 6.23. The fraction of sp³-hybridized carbons (Fsp3) is 0.867. The molecule has 0 radical (unpaired) electrons. The van der Waals surface area contributed by atoms with Gasteiger partial charge >= 0.3 is 0 Å². The van der Waals surface area contributed by atoms with Gasteiger partial charge < -0.3 is 4.74 Å². The normalized spacial score (nSPS) is 20.8. The van der Waals surface area contributed by atoms with Gasteiger partial charge in [-0.05, 0) is 30.3 Å². The standard InChI is InChI=1S/C15H28O/c1-6-14(12(2)15(3,4)5)16-13-10-8-7-9-11-13/h13-14H,2,6-11H2,1,3-5H3. The summed E-state index contributed by atoms with van der Waals surface area (Å²) in [4.78, 5) is 0. The lowest BCUT2D eigenvalue weighted by molar-refractivity contribution is -0.0203. The largest absolute Gasteiger partial charge is 0.371 e. The third-order valence-corrected chi connectivity index (χ3v) is 3.63. The van der Waals surface area contributed by atoms with Crippen molar-refractivity contribution >= 4 is 0 Å². The highest BCUT2D eigenvalue weighted by atomic mass is 16.5. The average molecular weight is 224 g/mol. The maximum Gasteiger partial charge on any atom is 0.0788 e. The summed E-state index contributed by atoms with van der Waals surface area (Å²) in [6.07, 6.45) is 8.33. The zero-order chi connectivity index (χ0) is 12.2. The summed E-state index contributed by atoms with van der Waals surface area (Å²) >= 11 is 0. The molecule has 1 unspecified atom stereocenters. The summed E-state index contributed by atoms with van der Waals surface area (Å²) in [5.41, 5.74) is 1.41. The monoisotopic (exact) mass is 224 g/mol. The molecule has 1 rings (SSSR count). The smallest absolute Gasteiger partial charge is 0.0788 e. The summed E-state index contributed by atoms with van der Waals surface area (Å²) in [7, 11) is 0. The topological polar surface area (TPSA) is 9.23 Å². The summed E-state index contributed by atoms with van der Waals surface area (Å²) in [5, 5.41) is 0. The van der Waals surface area contributed by atoms with Gasteiger partial charge in [-0.2, -0.15) is 0 Å². The second-order valence-electron chi connectivity index (χ2n) is 6.07. The number of ether oxygens (including phenoxy) is 1. The molecule has 0 spiro atoms. The maximum atomic E-state index is 6.23. The number of hydrogen-bond donors (Lipinski definition) is 0. The first-order valence-electron chi connectivity index (χ1n) is 6.80. The molecule has 94 valence electrons. The highest BCUT2D eigenvalue weighted by Gasteiger charge is 2.26. The van der Waals surface area contributed by atoms with Crippen LogP contribution in [0, 0.1) is 5.41 Å². The van der Waals surface area contributed by atoms with Crippen molar-refractivity contribution in [1.29, 1.82) is 0 Å². The molecule has 0 aromatic heterocycles. The third-order valence-electron chi connectivity index (χ3n) is 3.63. The van der Waals surface area contributed by atoms with Crippen LogP contribution in [0.2, 0.25) is 0 Å². The van der Waals surface area contributed by atoms with Gasteiger partial charge in [0.2, 0.25) is 0 Å². The first kappa shape index (κ1) is 13.8. The summed E-state index contributed by atoms with van der Waals surface area (Å²) in [6.45, 7) is 13.1. The number of hydrogen-bond acceptors (Lipinski definition) is 1. The molecule has 0 aromatic rings. The van der Waals surface area contributed by atoms with Crippen molar-refractivity contribution in [1.82, 2.24) is 0 Å². The molecule has 1 aliphatic rings. The van der Waals surface area contributed by atoms with Crippen LogP contribution in [-0.2, 0) is 4.74 Å². The van der Waals surface area contributed by atoms with E-state index >= 15 is 0 Å². The van der Waals surface area contributed by atoms with E-state index in [1.165, 1.54) is 37.7 Å². The van der Waals surface area contributed by atoms with Crippen molar-refractivity contribution < 1.29 is 4.74 Å². The predicted molar refractivity (Wildman–Crippen MR) is 70.6 cm³/mol. The molecule has 0 aliphatic heterocycles. The van der Waals surface area contributed by atoms with E-state index in [0.29, 0.717) is 6.10 Å². The van der Waals surface area contributed by atoms with E-state index in [1.807, 2.05) is 0 Å². The first-order valence-corrected chi connectivity index (χ1v) is 6.80. The molecule has 1 saturated carbocycles. The molecule has 0 aromatic carbocycles. The lowest BCUT2D eigenvalue weighted by Gasteiger charge is -2.33. The van der Waals surface area contributed by atoms with E-state index in [9.17, 15) is 0 Å². The molecule has 1 aliphatic carbocycles. The molecule has 0 N–H and O–H groups in total. The summed E-state index contributed by atoms with van der Waals surface area (Å²) in [5.74, 6) is 0. The van der Waals surface area contributed by atoms with Crippen LogP contribution in [0.5, 0.6) is 0 Å². The van der Waals surface area contributed by atoms with Crippen LogP contribution in [-0.4, -0.2) is 12.2 Å². The molecule has 1 nitrogen and oxygen atoms in total. The Morgan fingerprint density at radius 2 is 1.81 bits per heavy atom. The molecule has 0 saturated heterocycles.